The van der Waals surface area contributed by atoms with Crippen molar-refractivity contribution in [3.8, 4) is 5.75 Å². The van der Waals surface area contributed by atoms with Crippen molar-refractivity contribution in [2.45, 2.75) is 44.9 Å². The fraction of sp³-hybridized carbons (Fsp3) is 0.529. The van der Waals surface area contributed by atoms with Gasteiger partial charge in [-0.2, -0.15) is 0 Å². The van der Waals surface area contributed by atoms with Gasteiger partial charge in [0.15, 0.2) is 8.32 Å². The lowest BCUT2D eigenvalue weighted by Crippen LogP contribution is -2.42. The molecule has 3 nitrogen and oxygen atoms in total. The fourth-order valence-corrected chi connectivity index (χ4v) is 2.63. The molecule has 1 atom stereocenters. The Labute approximate surface area is 130 Å². The largest absolute Gasteiger partial charge is 0.490 e. The molecule has 0 radical (unpaired) electrons. The van der Waals surface area contributed by atoms with Crippen LogP contribution in [0.25, 0.3) is 0 Å². The Morgan fingerprint density at radius 2 is 2.00 bits per heavy atom. The predicted molar refractivity (Wildman–Crippen MR) is 92.2 cm³/mol. The van der Waals surface area contributed by atoms with Crippen LogP contribution < -0.4 is 10.5 Å². The summed E-state index contributed by atoms with van der Waals surface area (Å²) in [5.41, 5.74) is 7.30. The van der Waals surface area contributed by atoms with Gasteiger partial charge in [-0.05, 0) is 35.8 Å². The maximum absolute atomic E-state index is 6.26. The minimum atomic E-state index is -1.76. The first-order valence-corrected chi connectivity index (χ1v) is 10.3. The van der Waals surface area contributed by atoms with Gasteiger partial charge >= 0.3 is 0 Å². The van der Waals surface area contributed by atoms with Gasteiger partial charge < -0.3 is 14.9 Å². The van der Waals surface area contributed by atoms with E-state index in [0.717, 1.165) is 11.3 Å². The van der Waals surface area contributed by atoms with Crippen molar-refractivity contribution < 1.29 is 9.16 Å². The van der Waals surface area contributed by atoms with E-state index in [9.17, 15) is 0 Å². The summed E-state index contributed by atoms with van der Waals surface area (Å²) in [4.78, 5) is 0. The van der Waals surface area contributed by atoms with Crippen molar-refractivity contribution in [1.29, 1.82) is 0 Å². The van der Waals surface area contributed by atoms with E-state index >= 15 is 0 Å². The highest BCUT2D eigenvalue weighted by atomic mass is 28.4. The zero-order chi connectivity index (χ0) is 16.1. The second kappa shape index (κ2) is 7.25. The number of nitrogens with two attached hydrogens (primary N) is 1. The second-order valence-electron chi connectivity index (χ2n) is 6.85. The van der Waals surface area contributed by atoms with E-state index in [4.69, 9.17) is 14.9 Å². The Balaban J connectivity index is 2.67. The molecule has 0 fully saturated rings. The smallest absolute Gasteiger partial charge is 0.192 e. The first-order chi connectivity index (χ1) is 9.67. The maximum atomic E-state index is 6.26. The zero-order valence-corrected chi connectivity index (χ0v) is 15.0. The van der Waals surface area contributed by atoms with Gasteiger partial charge in [-0.25, -0.2) is 0 Å². The molecule has 21 heavy (non-hydrogen) atoms. The molecular formula is C17H29NO2Si. The normalized spacial score (nSPS) is 13.8. The number of hydrogen-bond donors (Lipinski definition) is 1. The van der Waals surface area contributed by atoms with Crippen LogP contribution in [0.1, 0.15) is 32.4 Å². The van der Waals surface area contributed by atoms with Crippen molar-refractivity contribution in [1.82, 2.24) is 0 Å². The van der Waals surface area contributed by atoms with Crippen LogP contribution in [-0.2, 0) is 4.43 Å². The van der Waals surface area contributed by atoms with E-state index in [0.29, 0.717) is 13.2 Å². The van der Waals surface area contributed by atoms with Gasteiger partial charge in [-0.15, -0.1) is 0 Å². The van der Waals surface area contributed by atoms with Crippen LogP contribution in [-0.4, -0.2) is 21.5 Å². The monoisotopic (exact) mass is 307 g/mol. The first-order valence-electron chi connectivity index (χ1n) is 7.40. The van der Waals surface area contributed by atoms with Gasteiger partial charge in [0, 0.05) is 0 Å². The lowest BCUT2D eigenvalue weighted by Gasteiger charge is -2.37. The second-order valence-corrected chi connectivity index (χ2v) is 11.7. The summed E-state index contributed by atoms with van der Waals surface area (Å²) in [6.45, 7) is 15.9. The number of rotatable bonds is 7. The quantitative estimate of drug-likeness (QED) is 0.604. The average Bonchev–Trinajstić information content (AvgIpc) is 2.41. The van der Waals surface area contributed by atoms with E-state index in [1.807, 2.05) is 24.3 Å². The molecule has 2 N–H and O–H groups in total. The molecule has 0 saturated heterocycles. The molecule has 4 heteroatoms. The number of ether oxygens (including phenoxy) is 1. The van der Waals surface area contributed by atoms with E-state index in [1.54, 1.807) is 6.08 Å². The molecule has 0 unspecified atom stereocenters. The highest BCUT2D eigenvalue weighted by molar-refractivity contribution is 6.74. The Bertz CT molecular complexity index is 466. The molecule has 0 aliphatic carbocycles. The summed E-state index contributed by atoms with van der Waals surface area (Å²) in [6.07, 6.45) is 1.73. The van der Waals surface area contributed by atoms with Crippen LogP contribution in [0.4, 0.5) is 0 Å². The summed E-state index contributed by atoms with van der Waals surface area (Å²) in [5, 5.41) is 0.196. The summed E-state index contributed by atoms with van der Waals surface area (Å²) >= 11 is 0. The molecule has 0 amide bonds. The van der Waals surface area contributed by atoms with Crippen LogP contribution in [0.5, 0.6) is 5.75 Å². The van der Waals surface area contributed by atoms with E-state index in [1.165, 1.54) is 0 Å². The Morgan fingerprint density at radius 1 is 1.33 bits per heavy atom. The molecule has 0 aliphatic heterocycles. The SMILES string of the molecule is C=CCOc1cccc([C@@H](N)CO[Si](C)(C)C(C)(C)C)c1. The highest BCUT2D eigenvalue weighted by Crippen LogP contribution is 2.37. The van der Waals surface area contributed by atoms with Crippen molar-refractivity contribution >= 4 is 8.32 Å². The minimum Gasteiger partial charge on any atom is -0.490 e. The molecule has 0 spiro atoms. The van der Waals surface area contributed by atoms with E-state index in [-0.39, 0.29) is 11.1 Å². The molecular weight excluding hydrogens is 278 g/mol. The topological polar surface area (TPSA) is 44.5 Å². The molecule has 118 valence electrons. The molecule has 1 aromatic rings. The van der Waals surface area contributed by atoms with Crippen LogP contribution in [0.3, 0.4) is 0 Å². The summed E-state index contributed by atoms with van der Waals surface area (Å²) in [7, 11) is -1.76. The van der Waals surface area contributed by atoms with Crippen LogP contribution in [0, 0.1) is 0 Å². The zero-order valence-electron chi connectivity index (χ0n) is 14.0. The Morgan fingerprint density at radius 3 is 2.57 bits per heavy atom. The minimum absolute atomic E-state index is 0.133. The summed E-state index contributed by atoms with van der Waals surface area (Å²) < 4.78 is 11.7. The van der Waals surface area contributed by atoms with Crippen LogP contribution >= 0.6 is 0 Å². The highest BCUT2D eigenvalue weighted by Gasteiger charge is 2.37. The fourth-order valence-electron chi connectivity index (χ4n) is 1.60. The van der Waals surface area contributed by atoms with E-state index in [2.05, 4.69) is 40.4 Å². The Hall–Kier alpha value is -1.10. The van der Waals surface area contributed by atoms with Crippen LogP contribution in [0.15, 0.2) is 36.9 Å². The van der Waals surface area contributed by atoms with Crippen molar-refractivity contribution in [3.63, 3.8) is 0 Å². The third-order valence-electron chi connectivity index (χ3n) is 4.08. The number of hydrogen-bond acceptors (Lipinski definition) is 3. The van der Waals surface area contributed by atoms with Crippen molar-refractivity contribution in [2.24, 2.45) is 5.73 Å². The standard InChI is InChI=1S/C17H29NO2Si/c1-7-11-19-15-10-8-9-14(12-15)16(18)13-20-21(5,6)17(2,3)4/h7-10,12,16H,1,11,13,18H2,2-6H3/t16-/m0/s1. The summed E-state index contributed by atoms with van der Waals surface area (Å²) in [6, 6.07) is 7.74. The molecule has 1 rings (SSSR count). The number of benzene rings is 1. The average molecular weight is 308 g/mol. The van der Waals surface area contributed by atoms with Crippen molar-refractivity contribution in [2.75, 3.05) is 13.2 Å². The van der Waals surface area contributed by atoms with Gasteiger partial charge in [-0.1, -0.05) is 45.6 Å². The molecule has 1 aromatic carbocycles. The van der Waals surface area contributed by atoms with Gasteiger partial charge in [0.25, 0.3) is 0 Å². The lowest BCUT2D eigenvalue weighted by atomic mass is 10.1. The van der Waals surface area contributed by atoms with Gasteiger partial charge in [-0.3, -0.25) is 0 Å². The van der Waals surface area contributed by atoms with Crippen LogP contribution in [0.2, 0.25) is 18.1 Å². The molecule has 0 saturated carbocycles. The van der Waals surface area contributed by atoms with E-state index < -0.39 is 8.32 Å². The third kappa shape index (κ3) is 5.30. The summed E-state index contributed by atoms with van der Waals surface area (Å²) in [5.74, 6) is 0.815. The Kier molecular flexibility index (Phi) is 6.19. The molecule has 0 bridgehead atoms. The maximum Gasteiger partial charge on any atom is 0.192 e. The molecule has 0 heterocycles. The lowest BCUT2D eigenvalue weighted by molar-refractivity contribution is 0.264. The van der Waals surface area contributed by atoms with Gasteiger partial charge in [0.1, 0.15) is 12.4 Å². The molecule has 0 aliphatic rings. The third-order valence-corrected chi connectivity index (χ3v) is 8.58. The van der Waals surface area contributed by atoms with Crippen molar-refractivity contribution in [3.05, 3.63) is 42.5 Å². The molecule has 0 aromatic heterocycles. The predicted octanol–water partition coefficient (Wildman–Crippen LogP) is 4.27. The first kappa shape index (κ1) is 17.9. The van der Waals surface area contributed by atoms with Gasteiger partial charge in [0.2, 0.25) is 0 Å². The van der Waals surface area contributed by atoms with Gasteiger partial charge in [0.05, 0.1) is 12.6 Å².